The summed E-state index contributed by atoms with van der Waals surface area (Å²) in [5.41, 5.74) is 10.9. The number of nitrogens with two attached hydrogens (primary N) is 1. The predicted octanol–water partition coefficient (Wildman–Crippen LogP) is 5.33. The molecule has 6 nitrogen and oxygen atoms in total. The van der Waals surface area contributed by atoms with E-state index in [-0.39, 0.29) is 5.82 Å². The topological polar surface area (TPSA) is 72.3 Å². The first kappa shape index (κ1) is 20.3. The zero-order valence-corrected chi connectivity index (χ0v) is 19.2. The molecule has 0 bridgehead atoms. The first-order chi connectivity index (χ1) is 16.0. The van der Waals surface area contributed by atoms with Gasteiger partial charge in [-0.05, 0) is 50.9 Å². The lowest BCUT2D eigenvalue weighted by atomic mass is 9.97. The van der Waals surface area contributed by atoms with Crippen LogP contribution in [0.4, 0.5) is 10.2 Å². The van der Waals surface area contributed by atoms with Gasteiger partial charge in [0.15, 0.2) is 0 Å². The van der Waals surface area contributed by atoms with Gasteiger partial charge in [0.2, 0.25) is 0 Å². The van der Waals surface area contributed by atoms with Crippen LogP contribution in [0.5, 0.6) is 0 Å². The molecule has 0 fully saturated rings. The summed E-state index contributed by atoms with van der Waals surface area (Å²) >= 11 is 1.77. The third-order valence-corrected chi connectivity index (χ3v) is 7.63. The third kappa shape index (κ3) is 3.29. The van der Waals surface area contributed by atoms with Crippen molar-refractivity contribution in [3.05, 3.63) is 65.3 Å². The number of thiazole rings is 1. The average molecular weight is 459 g/mol. The molecule has 2 N–H and O–H groups in total. The molecule has 1 aliphatic rings. The molecule has 0 aliphatic heterocycles. The Hall–Kier alpha value is -3.36. The lowest BCUT2D eigenvalue weighted by Gasteiger charge is -2.27. The number of aryl methyl sites for hydroxylation is 1. The van der Waals surface area contributed by atoms with Gasteiger partial charge in [-0.15, -0.1) is 11.3 Å². The lowest BCUT2D eigenvalue weighted by molar-refractivity contribution is 0.264. The zero-order valence-electron chi connectivity index (χ0n) is 18.4. The van der Waals surface area contributed by atoms with Crippen molar-refractivity contribution in [3.8, 4) is 21.8 Å². The Morgan fingerprint density at radius 1 is 1.12 bits per heavy atom. The first-order valence-corrected chi connectivity index (χ1v) is 11.8. The summed E-state index contributed by atoms with van der Waals surface area (Å²) in [5, 5.41) is 2.89. The Bertz CT molecular complexity index is 1520. The van der Waals surface area contributed by atoms with Gasteiger partial charge in [-0.2, -0.15) is 0 Å². The predicted molar refractivity (Wildman–Crippen MR) is 131 cm³/mol. The quantitative estimate of drug-likeness (QED) is 0.395. The highest BCUT2D eigenvalue weighted by atomic mass is 32.1. The van der Waals surface area contributed by atoms with Gasteiger partial charge in [-0.1, -0.05) is 12.1 Å². The third-order valence-electron chi connectivity index (χ3n) is 6.47. The molecule has 1 atom stereocenters. The molecule has 4 aromatic heterocycles. The van der Waals surface area contributed by atoms with E-state index in [1.165, 1.54) is 29.1 Å². The number of nitrogen functional groups attached to an aromatic ring is 1. The highest BCUT2D eigenvalue weighted by Gasteiger charge is 2.27. The molecule has 1 aliphatic carbocycles. The molecule has 1 unspecified atom stereocenters. The van der Waals surface area contributed by atoms with Crippen LogP contribution in [0.25, 0.3) is 38.2 Å². The highest BCUT2D eigenvalue weighted by molar-refractivity contribution is 7.15. The molecule has 0 saturated heterocycles. The Morgan fingerprint density at radius 2 is 2.00 bits per heavy atom. The van der Waals surface area contributed by atoms with Gasteiger partial charge >= 0.3 is 0 Å². The van der Waals surface area contributed by atoms with Crippen molar-refractivity contribution in [3.63, 3.8) is 0 Å². The molecule has 8 heteroatoms. The van der Waals surface area contributed by atoms with Gasteiger partial charge in [0.05, 0.1) is 23.6 Å². The number of benzene rings is 1. The second-order valence-electron chi connectivity index (χ2n) is 8.73. The van der Waals surface area contributed by atoms with Crippen molar-refractivity contribution in [2.45, 2.75) is 25.3 Å². The molecule has 33 heavy (non-hydrogen) atoms. The van der Waals surface area contributed by atoms with Gasteiger partial charge in [-0.25, -0.2) is 19.3 Å². The Morgan fingerprint density at radius 3 is 2.85 bits per heavy atom. The molecule has 0 saturated carbocycles. The number of rotatable bonds is 3. The van der Waals surface area contributed by atoms with E-state index in [1.807, 2.05) is 22.7 Å². The molecule has 1 aromatic carbocycles. The van der Waals surface area contributed by atoms with Gasteiger partial charge in [-0.3, -0.25) is 4.40 Å². The minimum atomic E-state index is -0.307. The fourth-order valence-electron chi connectivity index (χ4n) is 4.78. The van der Waals surface area contributed by atoms with Crippen LogP contribution in [0.15, 0.2) is 48.9 Å². The number of aromatic nitrogens is 4. The highest BCUT2D eigenvalue weighted by Crippen LogP contribution is 2.41. The maximum Gasteiger partial charge on any atom is 0.140 e. The van der Waals surface area contributed by atoms with Crippen LogP contribution in [0, 0.1) is 5.82 Å². The van der Waals surface area contributed by atoms with E-state index in [0.717, 1.165) is 45.4 Å². The van der Waals surface area contributed by atoms with Crippen LogP contribution in [0.2, 0.25) is 0 Å². The molecule has 6 rings (SSSR count). The Labute approximate surface area is 194 Å². The number of pyridine rings is 2. The van der Waals surface area contributed by atoms with Crippen LogP contribution in [0.3, 0.4) is 0 Å². The summed E-state index contributed by atoms with van der Waals surface area (Å²) in [4.78, 5) is 17.5. The SMILES string of the molecule is CN(C)C1CCCc2sc(-c3cnc(N)c4cc(-c5cnc6cc(F)ccn56)ccc34)nc21. The van der Waals surface area contributed by atoms with Crippen LogP contribution in [-0.4, -0.2) is 38.3 Å². The van der Waals surface area contributed by atoms with Crippen molar-refractivity contribution in [1.29, 1.82) is 0 Å². The van der Waals surface area contributed by atoms with E-state index < -0.39 is 0 Å². The van der Waals surface area contributed by atoms with E-state index in [4.69, 9.17) is 10.7 Å². The zero-order chi connectivity index (χ0) is 22.7. The van der Waals surface area contributed by atoms with Crippen molar-refractivity contribution < 1.29 is 4.39 Å². The second kappa shape index (κ2) is 7.60. The summed E-state index contributed by atoms with van der Waals surface area (Å²) in [5.74, 6) is 0.168. The smallest absolute Gasteiger partial charge is 0.140 e. The number of halogens is 1. The minimum absolute atomic E-state index is 0.307. The van der Waals surface area contributed by atoms with E-state index in [2.05, 4.69) is 35.0 Å². The number of anilines is 1. The van der Waals surface area contributed by atoms with Gasteiger partial charge in [0, 0.05) is 39.9 Å². The van der Waals surface area contributed by atoms with E-state index in [9.17, 15) is 4.39 Å². The maximum absolute atomic E-state index is 13.6. The Kier molecular flexibility index (Phi) is 4.67. The number of hydrogen-bond acceptors (Lipinski definition) is 6. The first-order valence-electron chi connectivity index (χ1n) is 11.0. The summed E-state index contributed by atoms with van der Waals surface area (Å²) in [6.45, 7) is 0. The fourth-order valence-corrected chi connectivity index (χ4v) is 5.96. The molecule has 4 heterocycles. The summed E-state index contributed by atoms with van der Waals surface area (Å²) < 4.78 is 15.5. The van der Waals surface area contributed by atoms with Crippen LogP contribution >= 0.6 is 11.3 Å². The minimum Gasteiger partial charge on any atom is -0.383 e. The van der Waals surface area contributed by atoms with Crippen LogP contribution in [-0.2, 0) is 6.42 Å². The monoisotopic (exact) mass is 458 g/mol. The number of nitrogens with zero attached hydrogens (tertiary/aromatic N) is 5. The molecule has 0 spiro atoms. The molecular formula is C25H23FN6S. The molecule has 0 amide bonds. The fraction of sp³-hybridized carbons (Fsp3) is 0.240. The average Bonchev–Trinajstić information content (AvgIpc) is 3.42. The number of imidazole rings is 1. The maximum atomic E-state index is 13.6. The molecule has 166 valence electrons. The standard InChI is InChI=1S/C25H23FN6S/c1-31(2)19-4-3-5-21-23(19)30-25(33-21)18-12-29-24(27)17-10-14(6-7-16(17)18)20-13-28-22-11-15(26)8-9-32(20)22/h6-13,19H,3-5H2,1-2H3,(H2,27,29). The van der Waals surface area contributed by atoms with Crippen molar-refractivity contribution >= 4 is 33.6 Å². The number of hydrogen-bond donors (Lipinski definition) is 1. The second-order valence-corrected chi connectivity index (χ2v) is 9.82. The van der Waals surface area contributed by atoms with Gasteiger partial charge in [0.25, 0.3) is 0 Å². The van der Waals surface area contributed by atoms with E-state index in [0.29, 0.717) is 17.5 Å². The number of fused-ring (bicyclic) bond motifs is 3. The van der Waals surface area contributed by atoms with Crippen molar-refractivity contribution in [1.82, 2.24) is 24.3 Å². The summed E-state index contributed by atoms with van der Waals surface area (Å²) in [7, 11) is 4.24. The normalized spacial score (nSPS) is 16.1. The van der Waals surface area contributed by atoms with Gasteiger partial charge < -0.3 is 10.6 Å². The van der Waals surface area contributed by atoms with E-state index in [1.54, 1.807) is 23.7 Å². The van der Waals surface area contributed by atoms with Crippen LogP contribution in [0.1, 0.15) is 29.5 Å². The van der Waals surface area contributed by atoms with Crippen LogP contribution < -0.4 is 5.73 Å². The van der Waals surface area contributed by atoms with Gasteiger partial charge in [0.1, 0.15) is 22.3 Å². The van der Waals surface area contributed by atoms with Crippen molar-refractivity contribution in [2.24, 2.45) is 0 Å². The Balaban J connectivity index is 1.48. The molecular weight excluding hydrogens is 435 g/mol. The molecule has 0 radical (unpaired) electrons. The van der Waals surface area contributed by atoms with E-state index >= 15 is 0 Å². The largest absolute Gasteiger partial charge is 0.383 e. The summed E-state index contributed by atoms with van der Waals surface area (Å²) in [6.07, 6.45) is 8.68. The van der Waals surface area contributed by atoms with Crippen molar-refractivity contribution in [2.75, 3.05) is 19.8 Å². The molecule has 5 aromatic rings. The lowest BCUT2D eigenvalue weighted by Crippen LogP contribution is -2.23. The summed E-state index contributed by atoms with van der Waals surface area (Å²) in [6, 6.07) is 9.36.